The van der Waals surface area contributed by atoms with Gasteiger partial charge in [-0.1, -0.05) is 78.1 Å². The summed E-state index contributed by atoms with van der Waals surface area (Å²) in [5.41, 5.74) is 4.20. The third-order valence-electron chi connectivity index (χ3n) is 5.56. The van der Waals surface area contributed by atoms with Crippen molar-refractivity contribution in [2.75, 3.05) is 11.4 Å². The van der Waals surface area contributed by atoms with E-state index in [0.717, 1.165) is 29.9 Å². The normalized spacial score (nSPS) is 16.7. The molecule has 1 amide bonds. The standard InChI is InChI=1S/C27H26F2N4OS2/c1-2-33(18-21-6-4-3-5-7-21)22-12-8-20(9-13-22)17-30-32-27-31-25(34)24(36-27)16-19-10-14-23(15-11-19)35-26(28)29/h3-15,17,24,26H,2,16,18H2,1H3,(H,31,32,34)/b30-17+. The van der Waals surface area contributed by atoms with E-state index in [1.807, 2.05) is 30.3 Å². The van der Waals surface area contributed by atoms with Crippen molar-refractivity contribution < 1.29 is 13.6 Å². The quantitative estimate of drug-likeness (QED) is 0.195. The molecule has 1 atom stereocenters. The summed E-state index contributed by atoms with van der Waals surface area (Å²) in [7, 11) is 0. The number of nitrogens with one attached hydrogen (secondary N) is 1. The SMILES string of the molecule is CCN(Cc1ccccc1)c1ccc(/C=N/N=C2/NC(=O)C(Cc3ccc(SC(F)F)cc3)S2)cc1. The number of rotatable bonds is 10. The number of nitrogens with zero attached hydrogens (tertiary/aromatic N) is 3. The van der Waals surface area contributed by atoms with Gasteiger partial charge in [-0.15, -0.1) is 5.10 Å². The zero-order chi connectivity index (χ0) is 25.3. The summed E-state index contributed by atoms with van der Waals surface area (Å²) in [5, 5.41) is 11.2. The first-order chi connectivity index (χ1) is 17.5. The summed E-state index contributed by atoms with van der Waals surface area (Å²) in [4.78, 5) is 15.1. The fourth-order valence-corrected chi connectivity index (χ4v) is 5.18. The number of amides is 1. The molecule has 1 N–H and O–H groups in total. The van der Waals surface area contributed by atoms with Crippen LogP contribution in [0.1, 0.15) is 23.6 Å². The first kappa shape index (κ1) is 25.9. The molecule has 1 saturated heterocycles. The smallest absolute Gasteiger partial charge is 0.288 e. The number of thioether (sulfide) groups is 2. The van der Waals surface area contributed by atoms with E-state index in [1.54, 1.807) is 30.5 Å². The minimum Gasteiger partial charge on any atom is -0.367 e. The molecule has 3 aromatic rings. The van der Waals surface area contributed by atoms with Gasteiger partial charge in [-0.2, -0.15) is 13.9 Å². The topological polar surface area (TPSA) is 57.1 Å². The highest BCUT2D eigenvalue weighted by Gasteiger charge is 2.30. The van der Waals surface area contributed by atoms with Crippen LogP contribution in [-0.2, 0) is 17.8 Å². The van der Waals surface area contributed by atoms with E-state index in [1.165, 1.54) is 17.3 Å². The Morgan fingerprint density at radius 3 is 2.42 bits per heavy atom. The third-order valence-corrected chi connectivity index (χ3v) is 7.35. The van der Waals surface area contributed by atoms with Crippen molar-refractivity contribution in [3.05, 3.63) is 95.6 Å². The second-order valence-electron chi connectivity index (χ2n) is 8.06. The molecule has 1 aliphatic heterocycles. The Hall–Kier alpha value is -3.17. The van der Waals surface area contributed by atoms with Gasteiger partial charge >= 0.3 is 0 Å². The maximum Gasteiger partial charge on any atom is 0.288 e. The predicted molar refractivity (Wildman–Crippen MR) is 146 cm³/mol. The minimum absolute atomic E-state index is 0.137. The van der Waals surface area contributed by atoms with Crippen LogP contribution in [0.5, 0.6) is 0 Å². The molecule has 186 valence electrons. The van der Waals surface area contributed by atoms with Crippen molar-refractivity contribution in [3.63, 3.8) is 0 Å². The molecule has 0 bridgehead atoms. The van der Waals surface area contributed by atoms with Crippen LogP contribution in [0, 0.1) is 0 Å². The van der Waals surface area contributed by atoms with E-state index >= 15 is 0 Å². The van der Waals surface area contributed by atoms with Crippen molar-refractivity contribution in [1.82, 2.24) is 5.32 Å². The fourth-order valence-electron chi connectivity index (χ4n) is 3.72. The number of carbonyl (C=O) groups excluding carboxylic acids is 1. The lowest BCUT2D eigenvalue weighted by atomic mass is 10.1. The molecular weight excluding hydrogens is 498 g/mol. The Morgan fingerprint density at radius 1 is 1.03 bits per heavy atom. The summed E-state index contributed by atoms with van der Waals surface area (Å²) in [5.74, 6) is -2.59. The van der Waals surface area contributed by atoms with Crippen LogP contribution in [0.3, 0.4) is 0 Å². The lowest BCUT2D eigenvalue weighted by Crippen LogP contribution is -2.25. The number of anilines is 1. The summed E-state index contributed by atoms with van der Waals surface area (Å²) >= 11 is 1.82. The third kappa shape index (κ3) is 7.41. The number of hydrogen-bond acceptors (Lipinski definition) is 6. The number of alkyl halides is 2. The first-order valence-electron chi connectivity index (χ1n) is 11.5. The molecule has 0 spiro atoms. The largest absolute Gasteiger partial charge is 0.367 e. The molecule has 0 saturated carbocycles. The number of carbonyl (C=O) groups is 1. The number of amidine groups is 1. The fraction of sp³-hybridized carbons (Fsp3) is 0.222. The maximum atomic E-state index is 12.5. The van der Waals surface area contributed by atoms with Crippen molar-refractivity contribution in [2.45, 2.75) is 35.8 Å². The Labute approximate surface area is 218 Å². The maximum absolute atomic E-state index is 12.5. The summed E-state index contributed by atoms with van der Waals surface area (Å²) in [6.45, 7) is 3.87. The molecule has 1 fully saturated rings. The zero-order valence-corrected chi connectivity index (χ0v) is 21.3. The lowest BCUT2D eigenvalue weighted by Gasteiger charge is -2.23. The van der Waals surface area contributed by atoms with Crippen molar-refractivity contribution in [3.8, 4) is 0 Å². The predicted octanol–water partition coefficient (Wildman–Crippen LogP) is 6.19. The number of hydrogen-bond donors (Lipinski definition) is 1. The van der Waals surface area contributed by atoms with Crippen LogP contribution in [0.15, 0.2) is 94.0 Å². The highest BCUT2D eigenvalue weighted by atomic mass is 32.2. The van der Waals surface area contributed by atoms with Gasteiger partial charge in [-0.25, -0.2) is 0 Å². The molecule has 0 radical (unpaired) electrons. The van der Waals surface area contributed by atoms with Gasteiger partial charge in [0.25, 0.3) is 5.76 Å². The van der Waals surface area contributed by atoms with Gasteiger partial charge in [0.1, 0.15) is 0 Å². The summed E-state index contributed by atoms with van der Waals surface area (Å²) in [6, 6.07) is 25.3. The van der Waals surface area contributed by atoms with Gasteiger partial charge in [0.15, 0.2) is 5.17 Å². The molecule has 1 aliphatic rings. The van der Waals surface area contributed by atoms with Gasteiger partial charge in [-0.3, -0.25) is 4.79 Å². The molecule has 1 unspecified atom stereocenters. The van der Waals surface area contributed by atoms with E-state index in [2.05, 4.69) is 51.6 Å². The Kier molecular flexibility index (Phi) is 9.13. The van der Waals surface area contributed by atoms with Crippen LogP contribution < -0.4 is 10.2 Å². The first-order valence-corrected chi connectivity index (χ1v) is 13.3. The van der Waals surface area contributed by atoms with Gasteiger partial charge in [0.2, 0.25) is 5.91 Å². The average molecular weight is 525 g/mol. The monoisotopic (exact) mass is 524 g/mol. The second kappa shape index (κ2) is 12.7. The van der Waals surface area contributed by atoms with E-state index in [0.29, 0.717) is 28.2 Å². The van der Waals surface area contributed by atoms with E-state index < -0.39 is 5.76 Å². The summed E-state index contributed by atoms with van der Waals surface area (Å²) in [6.07, 6.45) is 2.14. The molecule has 36 heavy (non-hydrogen) atoms. The average Bonchev–Trinajstić information content (AvgIpc) is 3.23. The van der Waals surface area contributed by atoms with Crippen LogP contribution in [0.25, 0.3) is 0 Å². The Balaban J connectivity index is 1.31. The lowest BCUT2D eigenvalue weighted by molar-refractivity contribution is -0.118. The number of benzene rings is 3. The van der Waals surface area contributed by atoms with Crippen molar-refractivity contribution in [1.29, 1.82) is 0 Å². The van der Waals surface area contributed by atoms with E-state index in [4.69, 9.17) is 0 Å². The van der Waals surface area contributed by atoms with Crippen LogP contribution in [-0.4, -0.2) is 34.8 Å². The highest BCUT2D eigenvalue weighted by molar-refractivity contribution is 8.15. The van der Waals surface area contributed by atoms with Gasteiger partial charge in [0.05, 0.1) is 11.5 Å². The molecule has 5 nitrogen and oxygen atoms in total. The Bertz CT molecular complexity index is 1200. The second-order valence-corrected chi connectivity index (χ2v) is 10.3. The molecule has 9 heteroatoms. The zero-order valence-electron chi connectivity index (χ0n) is 19.7. The van der Waals surface area contributed by atoms with Gasteiger partial charge < -0.3 is 10.2 Å². The highest BCUT2D eigenvalue weighted by Crippen LogP contribution is 2.27. The van der Waals surface area contributed by atoms with Crippen LogP contribution in [0.4, 0.5) is 14.5 Å². The minimum atomic E-state index is -2.45. The molecule has 4 rings (SSSR count). The number of halogens is 2. The molecule has 0 aliphatic carbocycles. The van der Waals surface area contributed by atoms with Crippen LogP contribution in [0.2, 0.25) is 0 Å². The van der Waals surface area contributed by atoms with E-state index in [-0.39, 0.29) is 11.2 Å². The Morgan fingerprint density at radius 2 is 1.75 bits per heavy atom. The van der Waals surface area contributed by atoms with Gasteiger partial charge in [-0.05, 0) is 54.3 Å². The van der Waals surface area contributed by atoms with Gasteiger partial charge in [0, 0.05) is 23.7 Å². The van der Waals surface area contributed by atoms with Crippen molar-refractivity contribution >= 4 is 46.5 Å². The molecular formula is C27H26F2N4OS2. The van der Waals surface area contributed by atoms with Crippen LogP contribution >= 0.6 is 23.5 Å². The molecule has 3 aromatic carbocycles. The van der Waals surface area contributed by atoms with Crippen molar-refractivity contribution in [2.24, 2.45) is 10.2 Å². The summed E-state index contributed by atoms with van der Waals surface area (Å²) < 4.78 is 24.9. The molecule has 0 aromatic heterocycles. The van der Waals surface area contributed by atoms with E-state index in [9.17, 15) is 13.6 Å². The molecule has 1 heterocycles.